The van der Waals surface area contributed by atoms with Crippen LogP contribution in [-0.4, -0.2) is 33.5 Å². The number of carbonyl (C=O) groups excluding carboxylic acids is 1. The smallest absolute Gasteiger partial charge is 0.383 e. The van der Waals surface area contributed by atoms with Crippen molar-refractivity contribution in [3.05, 3.63) is 41.6 Å². The molecule has 0 aliphatic carbocycles. The van der Waals surface area contributed by atoms with Crippen LogP contribution in [0.2, 0.25) is 0 Å². The molecular formula is C15H17F3N4O2. The van der Waals surface area contributed by atoms with E-state index in [1.165, 1.54) is 44.3 Å². The molecule has 0 bridgehead atoms. The number of aromatic nitrogens is 2. The van der Waals surface area contributed by atoms with Crippen LogP contribution in [0.4, 0.5) is 24.7 Å². The van der Waals surface area contributed by atoms with Gasteiger partial charge in [-0.25, -0.2) is 0 Å². The van der Waals surface area contributed by atoms with E-state index in [-0.39, 0.29) is 11.4 Å². The fourth-order valence-electron chi connectivity index (χ4n) is 2.26. The van der Waals surface area contributed by atoms with Crippen LogP contribution in [0.1, 0.15) is 29.8 Å². The number of benzene rings is 1. The van der Waals surface area contributed by atoms with Crippen LogP contribution in [0.5, 0.6) is 0 Å². The van der Waals surface area contributed by atoms with E-state index in [9.17, 15) is 23.1 Å². The maximum atomic E-state index is 12.8. The molecule has 0 unspecified atom stereocenters. The highest BCUT2D eigenvalue weighted by molar-refractivity contribution is 5.97. The number of amides is 1. The molecule has 1 aromatic heterocycles. The van der Waals surface area contributed by atoms with Crippen LogP contribution in [0.15, 0.2) is 30.5 Å². The van der Waals surface area contributed by atoms with Crippen molar-refractivity contribution < 1.29 is 23.1 Å². The Hall–Kier alpha value is -2.55. The summed E-state index contributed by atoms with van der Waals surface area (Å²) in [4.78, 5) is 11.2. The highest BCUT2D eigenvalue weighted by atomic mass is 19.4. The fourth-order valence-corrected chi connectivity index (χ4v) is 2.26. The van der Waals surface area contributed by atoms with Crippen LogP contribution >= 0.6 is 0 Å². The van der Waals surface area contributed by atoms with Gasteiger partial charge in [-0.05, 0) is 17.7 Å². The van der Waals surface area contributed by atoms with Crippen molar-refractivity contribution in [1.29, 1.82) is 0 Å². The molecule has 2 rings (SSSR count). The normalized spacial score (nSPS) is 13.6. The van der Waals surface area contributed by atoms with Gasteiger partial charge in [-0.1, -0.05) is 26.0 Å². The van der Waals surface area contributed by atoms with Gasteiger partial charge in [0.2, 0.25) is 0 Å². The van der Waals surface area contributed by atoms with Crippen LogP contribution in [0, 0.1) is 0 Å². The Balaban J connectivity index is 2.22. The predicted octanol–water partition coefficient (Wildman–Crippen LogP) is 2.45. The number of halogens is 3. The molecule has 24 heavy (non-hydrogen) atoms. The molecule has 1 atom stereocenters. The first-order chi connectivity index (χ1) is 11.0. The Labute approximate surface area is 135 Å². The van der Waals surface area contributed by atoms with Crippen molar-refractivity contribution in [2.24, 2.45) is 5.73 Å². The van der Waals surface area contributed by atoms with E-state index in [0.29, 0.717) is 11.3 Å². The molecule has 0 spiro atoms. The first-order valence-electron chi connectivity index (χ1n) is 6.99. The Kier molecular flexibility index (Phi) is 4.57. The van der Waals surface area contributed by atoms with Crippen molar-refractivity contribution in [3.63, 3.8) is 0 Å². The monoisotopic (exact) mass is 342 g/mol. The standard InChI is InChI=1S/C15H17F3N4O2/c1-14(2,13(24)15(16,17)18)8-3-5-9(6-4-8)21-12-10(11(19)23)7-20-22-12/h3-7,13,24H,1-2H3,(H2,19,23)(H2,20,21,22)/t13-/m0/s1. The van der Waals surface area contributed by atoms with Crippen molar-refractivity contribution in [1.82, 2.24) is 10.2 Å². The van der Waals surface area contributed by atoms with Gasteiger partial charge in [0.15, 0.2) is 6.10 Å². The lowest BCUT2D eigenvalue weighted by atomic mass is 9.79. The van der Waals surface area contributed by atoms with Gasteiger partial charge in [-0.15, -0.1) is 0 Å². The average molecular weight is 342 g/mol. The van der Waals surface area contributed by atoms with Gasteiger partial charge in [0, 0.05) is 11.1 Å². The summed E-state index contributed by atoms with van der Waals surface area (Å²) in [5.41, 5.74) is 4.68. The number of aliphatic hydroxyl groups is 1. The minimum absolute atomic E-state index is 0.159. The number of nitrogens with zero attached hydrogens (tertiary/aromatic N) is 1. The fraction of sp³-hybridized carbons (Fsp3) is 0.333. The maximum absolute atomic E-state index is 12.8. The minimum atomic E-state index is -4.72. The predicted molar refractivity (Wildman–Crippen MR) is 81.9 cm³/mol. The van der Waals surface area contributed by atoms with Crippen molar-refractivity contribution in [3.8, 4) is 0 Å². The molecule has 0 aliphatic rings. The summed E-state index contributed by atoms with van der Waals surface area (Å²) in [6.07, 6.45) is -5.94. The SMILES string of the molecule is CC(C)(c1ccc(Nc2[nH]ncc2C(N)=O)cc1)[C@H](O)C(F)(F)F. The summed E-state index contributed by atoms with van der Waals surface area (Å²) in [6, 6.07) is 6.01. The lowest BCUT2D eigenvalue weighted by molar-refractivity contribution is -0.221. The molecule has 1 amide bonds. The number of rotatable bonds is 5. The van der Waals surface area contributed by atoms with Crippen LogP contribution in [0.25, 0.3) is 0 Å². The molecule has 0 saturated carbocycles. The Morgan fingerprint density at radius 3 is 2.38 bits per heavy atom. The lowest BCUT2D eigenvalue weighted by Crippen LogP contribution is -2.44. The van der Waals surface area contributed by atoms with Gasteiger partial charge in [0.1, 0.15) is 11.4 Å². The number of anilines is 2. The molecule has 0 radical (unpaired) electrons. The molecule has 2 aromatic rings. The molecule has 6 nitrogen and oxygen atoms in total. The number of nitrogens with two attached hydrogens (primary N) is 1. The van der Waals surface area contributed by atoms with Crippen molar-refractivity contribution in [2.45, 2.75) is 31.5 Å². The summed E-state index contributed by atoms with van der Waals surface area (Å²) in [5, 5.41) is 18.7. The van der Waals surface area contributed by atoms with E-state index < -0.39 is 23.6 Å². The summed E-state index contributed by atoms with van der Waals surface area (Å²) < 4.78 is 38.3. The molecular weight excluding hydrogens is 325 g/mol. The lowest BCUT2D eigenvalue weighted by Gasteiger charge is -2.32. The van der Waals surface area contributed by atoms with E-state index in [1.54, 1.807) is 0 Å². The molecule has 1 heterocycles. The zero-order valence-corrected chi connectivity index (χ0v) is 13.0. The molecule has 0 aliphatic heterocycles. The second-order valence-electron chi connectivity index (χ2n) is 5.89. The number of alkyl halides is 3. The Bertz CT molecular complexity index is 723. The number of hydrogen-bond donors (Lipinski definition) is 4. The number of carbonyl (C=O) groups is 1. The second-order valence-corrected chi connectivity index (χ2v) is 5.89. The summed E-state index contributed by atoms with van der Waals surface area (Å²) in [5.74, 6) is -0.387. The van der Waals surface area contributed by atoms with Crippen LogP contribution < -0.4 is 11.1 Å². The van der Waals surface area contributed by atoms with E-state index >= 15 is 0 Å². The number of H-pyrrole nitrogens is 1. The third-order valence-corrected chi connectivity index (χ3v) is 3.80. The number of aliphatic hydroxyl groups excluding tert-OH is 1. The number of hydrogen-bond acceptors (Lipinski definition) is 4. The molecule has 5 N–H and O–H groups in total. The number of nitrogens with one attached hydrogen (secondary N) is 2. The Morgan fingerprint density at radius 1 is 1.29 bits per heavy atom. The third-order valence-electron chi connectivity index (χ3n) is 3.80. The third kappa shape index (κ3) is 3.51. The highest BCUT2D eigenvalue weighted by Crippen LogP contribution is 2.37. The highest BCUT2D eigenvalue weighted by Gasteiger charge is 2.48. The number of aromatic amines is 1. The second kappa shape index (κ2) is 6.16. The molecule has 130 valence electrons. The Morgan fingerprint density at radius 2 is 1.88 bits per heavy atom. The zero-order chi connectivity index (χ0) is 18.1. The van der Waals surface area contributed by atoms with E-state index in [0.717, 1.165) is 0 Å². The average Bonchev–Trinajstić information content (AvgIpc) is 2.94. The molecule has 9 heteroatoms. The van der Waals surface area contributed by atoms with Crippen molar-refractivity contribution >= 4 is 17.4 Å². The number of primary amides is 1. The summed E-state index contributed by atoms with van der Waals surface area (Å²) >= 11 is 0. The van der Waals surface area contributed by atoms with Crippen molar-refractivity contribution in [2.75, 3.05) is 5.32 Å². The molecule has 0 fully saturated rings. The van der Waals surface area contributed by atoms with Gasteiger partial charge in [0.05, 0.1) is 6.20 Å². The van der Waals surface area contributed by atoms with Gasteiger partial charge < -0.3 is 16.2 Å². The molecule has 1 aromatic carbocycles. The van der Waals surface area contributed by atoms with E-state index in [1.807, 2.05) is 0 Å². The van der Waals surface area contributed by atoms with Gasteiger partial charge in [-0.3, -0.25) is 9.89 Å². The first-order valence-corrected chi connectivity index (χ1v) is 6.99. The van der Waals surface area contributed by atoms with Crippen LogP contribution in [-0.2, 0) is 5.41 Å². The first kappa shape index (κ1) is 17.8. The van der Waals surface area contributed by atoms with E-state index in [4.69, 9.17) is 5.73 Å². The quantitative estimate of drug-likeness (QED) is 0.670. The van der Waals surface area contributed by atoms with E-state index in [2.05, 4.69) is 15.5 Å². The van der Waals surface area contributed by atoms with Gasteiger partial charge >= 0.3 is 6.18 Å². The molecule has 0 saturated heterocycles. The van der Waals surface area contributed by atoms with Crippen LogP contribution in [0.3, 0.4) is 0 Å². The van der Waals surface area contributed by atoms with Gasteiger partial charge in [-0.2, -0.15) is 18.3 Å². The minimum Gasteiger partial charge on any atom is -0.383 e. The largest absolute Gasteiger partial charge is 0.415 e. The zero-order valence-electron chi connectivity index (χ0n) is 13.0. The summed E-state index contributed by atoms with van der Waals surface area (Å²) in [6.45, 7) is 2.63. The topological polar surface area (TPSA) is 104 Å². The summed E-state index contributed by atoms with van der Waals surface area (Å²) in [7, 11) is 0. The maximum Gasteiger partial charge on any atom is 0.415 e. The van der Waals surface area contributed by atoms with Gasteiger partial charge in [0.25, 0.3) is 5.91 Å².